The Bertz CT molecular complexity index is 378. The quantitative estimate of drug-likeness (QED) is 0.862. The van der Waals surface area contributed by atoms with Crippen LogP contribution in [0.4, 0.5) is 0 Å². The monoisotopic (exact) mass is 257 g/mol. The van der Waals surface area contributed by atoms with E-state index >= 15 is 0 Å². The first-order chi connectivity index (χ1) is 9.33. The average Bonchev–Trinajstić information content (AvgIpc) is 2.89. The van der Waals surface area contributed by atoms with Gasteiger partial charge in [-0.1, -0.05) is 50.1 Å². The molecule has 2 atom stereocenters. The Labute approximate surface area is 117 Å². The molecular weight excluding hydrogens is 230 g/mol. The molecule has 1 N–H and O–H groups in total. The SMILES string of the molecule is CC1CCC(C2CCNC2Cc2ccccc2)CC1. The molecule has 0 aromatic heterocycles. The van der Waals surface area contributed by atoms with E-state index in [0.29, 0.717) is 0 Å². The van der Waals surface area contributed by atoms with Crippen molar-refractivity contribution in [3.05, 3.63) is 35.9 Å². The van der Waals surface area contributed by atoms with Crippen LogP contribution >= 0.6 is 0 Å². The molecule has 2 fully saturated rings. The molecule has 1 nitrogen and oxygen atoms in total. The Hall–Kier alpha value is -0.820. The second kappa shape index (κ2) is 6.09. The van der Waals surface area contributed by atoms with Crippen molar-refractivity contribution in [2.45, 2.75) is 51.5 Å². The minimum absolute atomic E-state index is 0.723. The number of hydrogen-bond donors (Lipinski definition) is 1. The van der Waals surface area contributed by atoms with E-state index in [1.54, 1.807) is 0 Å². The van der Waals surface area contributed by atoms with Gasteiger partial charge in [-0.3, -0.25) is 0 Å². The minimum atomic E-state index is 0.723. The van der Waals surface area contributed by atoms with Crippen molar-refractivity contribution in [1.82, 2.24) is 5.32 Å². The fourth-order valence-electron chi connectivity index (χ4n) is 4.16. The molecule has 0 spiro atoms. The molecule has 104 valence electrons. The first kappa shape index (κ1) is 13.2. The summed E-state index contributed by atoms with van der Waals surface area (Å²) in [5, 5.41) is 3.76. The van der Waals surface area contributed by atoms with Gasteiger partial charge in [0.2, 0.25) is 0 Å². The molecule has 2 aliphatic rings. The lowest BCUT2D eigenvalue weighted by Crippen LogP contribution is -2.34. The molecule has 1 saturated carbocycles. The first-order valence-corrected chi connectivity index (χ1v) is 8.10. The Morgan fingerprint density at radius 1 is 1.00 bits per heavy atom. The highest BCUT2D eigenvalue weighted by atomic mass is 15.0. The highest BCUT2D eigenvalue weighted by Gasteiger charge is 2.34. The van der Waals surface area contributed by atoms with E-state index < -0.39 is 0 Å². The molecule has 1 aromatic rings. The molecule has 0 amide bonds. The van der Waals surface area contributed by atoms with Crippen molar-refractivity contribution in [1.29, 1.82) is 0 Å². The van der Waals surface area contributed by atoms with Crippen molar-refractivity contribution < 1.29 is 0 Å². The van der Waals surface area contributed by atoms with Crippen LogP contribution in [0.25, 0.3) is 0 Å². The van der Waals surface area contributed by atoms with Crippen LogP contribution in [0.3, 0.4) is 0 Å². The van der Waals surface area contributed by atoms with Gasteiger partial charge in [-0.25, -0.2) is 0 Å². The fourth-order valence-corrected chi connectivity index (χ4v) is 4.16. The van der Waals surface area contributed by atoms with Gasteiger partial charge >= 0.3 is 0 Å². The van der Waals surface area contributed by atoms with Crippen LogP contribution < -0.4 is 5.32 Å². The smallest absolute Gasteiger partial charge is 0.0139 e. The Kier molecular flexibility index (Phi) is 4.22. The van der Waals surface area contributed by atoms with Crippen LogP contribution in [0.1, 0.15) is 44.6 Å². The van der Waals surface area contributed by atoms with E-state index in [-0.39, 0.29) is 0 Å². The largest absolute Gasteiger partial charge is 0.313 e. The van der Waals surface area contributed by atoms with Gasteiger partial charge in [-0.2, -0.15) is 0 Å². The molecule has 1 heterocycles. The molecule has 2 unspecified atom stereocenters. The Morgan fingerprint density at radius 2 is 1.74 bits per heavy atom. The summed E-state index contributed by atoms with van der Waals surface area (Å²) in [7, 11) is 0. The summed E-state index contributed by atoms with van der Waals surface area (Å²) < 4.78 is 0. The summed E-state index contributed by atoms with van der Waals surface area (Å²) in [6.07, 6.45) is 8.48. The topological polar surface area (TPSA) is 12.0 Å². The molecule has 1 saturated heterocycles. The standard InChI is InChI=1S/C18H27N/c1-14-7-9-16(10-8-14)17-11-12-19-18(17)13-15-5-3-2-4-6-15/h2-6,14,16-19H,7-13H2,1H3. The lowest BCUT2D eigenvalue weighted by molar-refractivity contribution is 0.197. The van der Waals surface area contributed by atoms with Gasteiger partial charge in [0.25, 0.3) is 0 Å². The highest BCUT2D eigenvalue weighted by molar-refractivity contribution is 5.16. The van der Waals surface area contributed by atoms with E-state index in [9.17, 15) is 0 Å². The predicted octanol–water partition coefficient (Wildman–Crippen LogP) is 4.03. The van der Waals surface area contributed by atoms with Gasteiger partial charge in [-0.05, 0) is 55.5 Å². The number of rotatable bonds is 3. The van der Waals surface area contributed by atoms with Gasteiger partial charge in [0, 0.05) is 6.04 Å². The Balaban J connectivity index is 1.61. The van der Waals surface area contributed by atoms with Gasteiger partial charge in [-0.15, -0.1) is 0 Å². The zero-order chi connectivity index (χ0) is 13.1. The fraction of sp³-hybridized carbons (Fsp3) is 0.667. The van der Waals surface area contributed by atoms with Crippen molar-refractivity contribution in [3.8, 4) is 0 Å². The van der Waals surface area contributed by atoms with Crippen LogP contribution in [0.5, 0.6) is 0 Å². The van der Waals surface area contributed by atoms with Gasteiger partial charge < -0.3 is 5.32 Å². The number of benzene rings is 1. The van der Waals surface area contributed by atoms with Crippen LogP contribution in [0.15, 0.2) is 30.3 Å². The maximum atomic E-state index is 3.76. The van der Waals surface area contributed by atoms with Gasteiger partial charge in [0.05, 0.1) is 0 Å². The number of hydrogen-bond acceptors (Lipinski definition) is 1. The Morgan fingerprint density at radius 3 is 2.47 bits per heavy atom. The third-order valence-electron chi connectivity index (χ3n) is 5.37. The molecule has 1 aliphatic carbocycles. The third kappa shape index (κ3) is 3.20. The van der Waals surface area contributed by atoms with Crippen molar-refractivity contribution >= 4 is 0 Å². The molecule has 0 radical (unpaired) electrons. The van der Waals surface area contributed by atoms with E-state index in [1.165, 1.54) is 50.6 Å². The molecule has 3 rings (SSSR count). The highest BCUT2D eigenvalue weighted by Crippen LogP contribution is 2.38. The van der Waals surface area contributed by atoms with E-state index in [4.69, 9.17) is 0 Å². The molecule has 1 aromatic carbocycles. The van der Waals surface area contributed by atoms with Crippen molar-refractivity contribution in [2.24, 2.45) is 17.8 Å². The summed E-state index contributed by atoms with van der Waals surface area (Å²) >= 11 is 0. The lowest BCUT2D eigenvalue weighted by atomic mass is 9.73. The summed E-state index contributed by atoms with van der Waals surface area (Å²) in [6, 6.07) is 11.7. The number of nitrogens with one attached hydrogen (secondary N) is 1. The molecule has 19 heavy (non-hydrogen) atoms. The van der Waals surface area contributed by atoms with Crippen LogP contribution in [-0.2, 0) is 6.42 Å². The van der Waals surface area contributed by atoms with Crippen LogP contribution in [0.2, 0.25) is 0 Å². The van der Waals surface area contributed by atoms with E-state index in [0.717, 1.165) is 23.8 Å². The molecular formula is C18H27N. The molecule has 1 aliphatic heterocycles. The molecule has 0 bridgehead atoms. The second-order valence-electron chi connectivity index (χ2n) is 6.72. The van der Waals surface area contributed by atoms with Crippen LogP contribution in [0, 0.1) is 17.8 Å². The predicted molar refractivity (Wildman–Crippen MR) is 81.2 cm³/mol. The minimum Gasteiger partial charge on any atom is -0.313 e. The van der Waals surface area contributed by atoms with E-state index in [2.05, 4.69) is 42.6 Å². The summed E-state index contributed by atoms with van der Waals surface area (Å²) in [6.45, 7) is 3.65. The van der Waals surface area contributed by atoms with Gasteiger partial charge in [0.1, 0.15) is 0 Å². The lowest BCUT2D eigenvalue weighted by Gasteiger charge is -2.33. The second-order valence-corrected chi connectivity index (χ2v) is 6.72. The maximum absolute atomic E-state index is 3.76. The normalized spacial score (nSPS) is 35.4. The van der Waals surface area contributed by atoms with Crippen molar-refractivity contribution in [3.63, 3.8) is 0 Å². The zero-order valence-electron chi connectivity index (χ0n) is 12.1. The molecule has 1 heteroatoms. The maximum Gasteiger partial charge on any atom is 0.0139 e. The first-order valence-electron chi connectivity index (χ1n) is 8.10. The average molecular weight is 257 g/mol. The van der Waals surface area contributed by atoms with E-state index in [1.807, 2.05) is 0 Å². The summed E-state index contributed by atoms with van der Waals surface area (Å²) in [5.41, 5.74) is 1.50. The van der Waals surface area contributed by atoms with Crippen LogP contribution in [-0.4, -0.2) is 12.6 Å². The van der Waals surface area contributed by atoms with Crippen molar-refractivity contribution in [2.75, 3.05) is 6.54 Å². The summed E-state index contributed by atoms with van der Waals surface area (Å²) in [5.74, 6) is 2.88. The summed E-state index contributed by atoms with van der Waals surface area (Å²) in [4.78, 5) is 0. The third-order valence-corrected chi connectivity index (χ3v) is 5.37. The zero-order valence-corrected chi connectivity index (χ0v) is 12.1. The van der Waals surface area contributed by atoms with Gasteiger partial charge in [0.15, 0.2) is 0 Å².